The van der Waals surface area contributed by atoms with Crippen molar-refractivity contribution in [3.8, 4) is 0 Å². The number of carbonyl (C=O) groups is 3. The lowest BCUT2D eigenvalue weighted by Crippen LogP contribution is -2.19. The molecule has 0 aromatic rings. The van der Waals surface area contributed by atoms with Crippen LogP contribution >= 0.6 is 0 Å². The van der Waals surface area contributed by atoms with Gasteiger partial charge in [-0.25, -0.2) is 4.79 Å². The third kappa shape index (κ3) is 7.95. The van der Waals surface area contributed by atoms with Gasteiger partial charge in [0.15, 0.2) is 6.10 Å². The zero-order valence-electron chi connectivity index (χ0n) is 15.3. The highest BCUT2D eigenvalue weighted by atomic mass is 16.4. The molecule has 0 heterocycles. The maximum Gasteiger partial charge on any atom is 0.332 e. The first-order chi connectivity index (χ1) is 12.0. The second-order valence-electron chi connectivity index (χ2n) is 7.01. The zero-order chi connectivity index (χ0) is 18.7. The summed E-state index contributed by atoms with van der Waals surface area (Å²) in [7, 11) is 0. The van der Waals surface area contributed by atoms with Gasteiger partial charge in [0.2, 0.25) is 0 Å². The fourth-order valence-electron chi connectivity index (χ4n) is 3.36. The van der Waals surface area contributed by atoms with Crippen molar-refractivity contribution in [2.24, 2.45) is 11.8 Å². The normalized spacial score (nSPS) is 22.0. The van der Waals surface area contributed by atoms with Crippen LogP contribution in [0.25, 0.3) is 0 Å². The highest BCUT2D eigenvalue weighted by Gasteiger charge is 2.38. The van der Waals surface area contributed by atoms with E-state index in [-0.39, 0.29) is 36.2 Å². The first-order valence-electron chi connectivity index (χ1n) is 9.60. The van der Waals surface area contributed by atoms with Crippen molar-refractivity contribution in [2.75, 3.05) is 0 Å². The molecule has 1 aliphatic rings. The molecule has 142 valence electrons. The van der Waals surface area contributed by atoms with Crippen LogP contribution in [0, 0.1) is 11.8 Å². The van der Waals surface area contributed by atoms with Gasteiger partial charge in [0.05, 0.1) is 6.42 Å². The van der Waals surface area contributed by atoms with Crippen LogP contribution in [0.5, 0.6) is 0 Å². The Morgan fingerprint density at radius 3 is 2.52 bits per heavy atom. The lowest BCUT2D eigenvalue weighted by atomic mass is 9.89. The number of carbonyl (C=O) groups excluding carboxylic acids is 2. The van der Waals surface area contributed by atoms with Gasteiger partial charge in [0.25, 0.3) is 0 Å². The van der Waals surface area contributed by atoms with E-state index < -0.39 is 12.1 Å². The van der Waals surface area contributed by atoms with Gasteiger partial charge < -0.3 is 10.2 Å². The van der Waals surface area contributed by atoms with Gasteiger partial charge in [-0.15, -0.1) is 0 Å². The topological polar surface area (TPSA) is 91.7 Å². The number of hydrogen-bond acceptors (Lipinski definition) is 4. The van der Waals surface area contributed by atoms with Crippen LogP contribution in [0.1, 0.15) is 77.6 Å². The number of rotatable bonds is 13. The van der Waals surface area contributed by atoms with E-state index in [0.29, 0.717) is 12.8 Å². The molecule has 1 aliphatic carbocycles. The summed E-state index contributed by atoms with van der Waals surface area (Å²) in [5, 5.41) is 17.8. The van der Waals surface area contributed by atoms with Crippen molar-refractivity contribution in [2.45, 2.75) is 83.7 Å². The van der Waals surface area contributed by atoms with Crippen LogP contribution in [0.3, 0.4) is 0 Å². The van der Waals surface area contributed by atoms with E-state index in [4.69, 9.17) is 5.11 Å². The molecule has 2 N–H and O–H groups in total. The average Bonchev–Trinajstić information content (AvgIpc) is 2.83. The Labute approximate surface area is 150 Å². The van der Waals surface area contributed by atoms with E-state index in [0.717, 1.165) is 25.7 Å². The van der Waals surface area contributed by atoms with Gasteiger partial charge in [0.1, 0.15) is 11.6 Å². The summed E-state index contributed by atoms with van der Waals surface area (Å²) < 4.78 is 0. The van der Waals surface area contributed by atoms with Gasteiger partial charge in [0, 0.05) is 11.8 Å². The molecule has 0 aromatic carbocycles. The lowest BCUT2D eigenvalue weighted by Gasteiger charge is -2.14. The smallest absolute Gasteiger partial charge is 0.332 e. The summed E-state index contributed by atoms with van der Waals surface area (Å²) in [6.45, 7) is 2.17. The summed E-state index contributed by atoms with van der Waals surface area (Å²) in [5.74, 6) is -1.62. The van der Waals surface area contributed by atoms with Crippen LogP contribution < -0.4 is 0 Å². The van der Waals surface area contributed by atoms with Crippen LogP contribution in [-0.2, 0) is 14.4 Å². The minimum atomic E-state index is -1.31. The second kappa shape index (κ2) is 12.0. The molecule has 1 rings (SSSR count). The molecule has 0 radical (unpaired) electrons. The molecular weight excluding hydrogens is 320 g/mol. The zero-order valence-corrected chi connectivity index (χ0v) is 15.3. The molecule has 0 aromatic heterocycles. The van der Waals surface area contributed by atoms with Crippen molar-refractivity contribution < 1.29 is 24.6 Å². The van der Waals surface area contributed by atoms with E-state index in [9.17, 15) is 19.5 Å². The molecule has 1 unspecified atom stereocenters. The Bertz CT molecular complexity index is 469. The number of Topliss-reactive ketones (excluding diaryl/α,β-unsaturated/α-hetero) is 2. The highest BCUT2D eigenvalue weighted by molar-refractivity contribution is 6.09. The number of aliphatic carboxylic acids is 1. The molecule has 0 spiro atoms. The van der Waals surface area contributed by atoms with E-state index in [1.165, 1.54) is 19.3 Å². The molecule has 5 nitrogen and oxygen atoms in total. The van der Waals surface area contributed by atoms with Crippen molar-refractivity contribution in [1.29, 1.82) is 0 Å². The first-order valence-corrected chi connectivity index (χ1v) is 9.60. The lowest BCUT2D eigenvalue weighted by molar-refractivity contribution is -0.147. The summed E-state index contributed by atoms with van der Waals surface area (Å²) in [5.41, 5.74) is 0. The minimum Gasteiger partial charge on any atom is -0.479 e. The largest absolute Gasteiger partial charge is 0.479 e. The fraction of sp³-hybridized carbons (Fsp3) is 0.750. The van der Waals surface area contributed by atoms with Gasteiger partial charge in [-0.2, -0.15) is 0 Å². The van der Waals surface area contributed by atoms with E-state index >= 15 is 0 Å². The third-order valence-corrected chi connectivity index (χ3v) is 4.91. The van der Waals surface area contributed by atoms with Crippen molar-refractivity contribution >= 4 is 17.5 Å². The predicted molar refractivity (Wildman–Crippen MR) is 96.2 cm³/mol. The van der Waals surface area contributed by atoms with Crippen molar-refractivity contribution in [1.82, 2.24) is 0 Å². The SMILES string of the molecule is CCCCCC/C=C/[C@H]1C(=O)CC(=O)[C@@H]1CCCCCC(O)C(=O)O. The quantitative estimate of drug-likeness (QED) is 0.300. The Balaban J connectivity index is 2.34. The van der Waals surface area contributed by atoms with Gasteiger partial charge >= 0.3 is 5.97 Å². The Morgan fingerprint density at radius 1 is 1.12 bits per heavy atom. The maximum atomic E-state index is 12.1. The molecule has 1 fully saturated rings. The standard InChI is InChI=1S/C20H32O5/c1-2-3-4-5-6-8-11-15-16(19(23)14-18(15)22)12-9-7-10-13-17(21)20(24)25/h8,11,15-17,21H,2-7,9-10,12-14H2,1H3,(H,24,25)/b11-8+/t15-,16-,17?/m1/s1. The number of hydrogen-bond donors (Lipinski definition) is 2. The van der Waals surface area contributed by atoms with Gasteiger partial charge in [-0.05, 0) is 25.7 Å². The number of unbranched alkanes of at least 4 members (excludes halogenated alkanes) is 6. The Kier molecular flexibility index (Phi) is 10.3. The van der Waals surface area contributed by atoms with Gasteiger partial charge in [-0.3, -0.25) is 9.59 Å². The van der Waals surface area contributed by atoms with Crippen LogP contribution in [0.15, 0.2) is 12.2 Å². The summed E-state index contributed by atoms with van der Waals surface area (Å²) >= 11 is 0. The summed E-state index contributed by atoms with van der Waals surface area (Å²) in [6.07, 6.45) is 11.5. The molecule has 5 heteroatoms. The number of allylic oxidation sites excluding steroid dienone is 2. The monoisotopic (exact) mass is 352 g/mol. The molecule has 3 atom stereocenters. The fourth-order valence-corrected chi connectivity index (χ4v) is 3.36. The Hall–Kier alpha value is -1.49. The van der Waals surface area contributed by atoms with Crippen LogP contribution in [0.4, 0.5) is 0 Å². The number of carboxylic acid groups (broad SMARTS) is 1. The van der Waals surface area contributed by atoms with Crippen LogP contribution in [0.2, 0.25) is 0 Å². The van der Waals surface area contributed by atoms with Crippen molar-refractivity contribution in [3.05, 3.63) is 12.2 Å². The third-order valence-electron chi connectivity index (χ3n) is 4.91. The number of ketones is 2. The molecule has 1 saturated carbocycles. The maximum absolute atomic E-state index is 12.1. The van der Waals surface area contributed by atoms with Crippen LogP contribution in [-0.4, -0.2) is 33.9 Å². The number of aliphatic hydroxyl groups excluding tert-OH is 1. The average molecular weight is 352 g/mol. The van der Waals surface area contributed by atoms with Gasteiger partial charge in [-0.1, -0.05) is 57.6 Å². The molecule has 0 amide bonds. The second-order valence-corrected chi connectivity index (χ2v) is 7.01. The minimum absolute atomic E-state index is 0.0288. The predicted octanol–water partition coefficient (Wildman–Crippen LogP) is 3.68. The molecule has 25 heavy (non-hydrogen) atoms. The van der Waals surface area contributed by atoms with Crippen molar-refractivity contribution in [3.63, 3.8) is 0 Å². The van der Waals surface area contributed by atoms with E-state index in [1.807, 2.05) is 12.2 Å². The highest BCUT2D eigenvalue weighted by Crippen LogP contribution is 2.31. The Morgan fingerprint density at radius 2 is 1.84 bits per heavy atom. The molecule has 0 aliphatic heterocycles. The number of carboxylic acids is 1. The summed E-state index contributed by atoms with van der Waals surface area (Å²) in [6, 6.07) is 0. The summed E-state index contributed by atoms with van der Waals surface area (Å²) in [4.78, 5) is 34.6. The van der Waals surface area contributed by atoms with E-state index in [1.54, 1.807) is 0 Å². The first kappa shape index (κ1) is 21.6. The number of aliphatic hydroxyl groups is 1. The molecule has 0 bridgehead atoms. The molecule has 0 saturated heterocycles. The molecular formula is C20H32O5. The van der Waals surface area contributed by atoms with E-state index in [2.05, 4.69) is 6.92 Å².